The molecule has 29 heavy (non-hydrogen) atoms. The Balaban J connectivity index is 1.49. The summed E-state index contributed by atoms with van der Waals surface area (Å²) in [6.07, 6.45) is 5.80. The fraction of sp³-hybridized carbons (Fsp3) is 0.381. The van der Waals surface area contributed by atoms with Crippen LogP contribution < -0.4 is 16.0 Å². The molecule has 1 atom stereocenters. The zero-order valence-electron chi connectivity index (χ0n) is 16.4. The molecule has 4 amide bonds. The molecule has 0 radical (unpaired) electrons. The molecule has 1 aromatic carbocycles. The van der Waals surface area contributed by atoms with Crippen LogP contribution in [0.4, 0.5) is 16.2 Å². The highest BCUT2D eigenvalue weighted by molar-refractivity contribution is 6.00. The molecule has 2 heterocycles. The van der Waals surface area contributed by atoms with Gasteiger partial charge in [0.2, 0.25) is 5.91 Å². The van der Waals surface area contributed by atoms with Crippen molar-refractivity contribution in [3.05, 3.63) is 48.4 Å². The van der Waals surface area contributed by atoms with E-state index < -0.39 is 11.9 Å². The molecule has 3 rings (SSSR count). The normalized spacial score (nSPS) is 15.1. The molecule has 0 aliphatic carbocycles. The van der Waals surface area contributed by atoms with Crippen LogP contribution in [0.3, 0.4) is 0 Å². The molecule has 154 valence electrons. The highest BCUT2D eigenvalue weighted by Gasteiger charge is 2.18. The average molecular weight is 398 g/mol. The summed E-state index contributed by atoms with van der Waals surface area (Å²) in [5, 5.41) is 8.20. The number of hydrogen-bond donors (Lipinski definition) is 3. The van der Waals surface area contributed by atoms with Crippen molar-refractivity contribution in [2.24, 2.45) is 0 Å². The first kappa shape index (κ1) is 20.4. The summed E-state index contributed by atoms with van der Waals surface area (Å²) in [7, 11) is 0. The zero-order valence-corrected chi connectivity index (χ0v) is 16.4. The number of carbonyl (C=O) groups excluding carboxylic acids is 3. The Labute approximate surface area is 169 Å². The van der Waals surface area contributed by atoms with Gasteiger partial charge in [-0.2, -0.15) is 0 Å². The van der Waals surface area contributed by atoms with Crippen molar-refractivity contribution in [2.45, 2.75) is 38.6 Å². The number of nitrogens with zero attached hydrogens (tertiary/aromatic N) is 1. The summed E-state index contributed by atoms with van der Waals surface area (Å²) in [5.41, 5.74) is 1.23. The fourth-order valence-corrected chi connectivity index (χ4v) is 3.10. The van der Waals surface area contributed by atoms with E-state index in [-0.39, 0.29) is 17.7 Å². The minimum absolute atomic E-state index is 0.0991. The van der Waals surface area contributed by atoms with Crippen molar-refractivity contribution in [2.75, 3.05) is 23.7 Å². The van der Waals surface area contributed by atoms with Gasteiger partial charge in [0.05, 0.1) is 6.26 Å². The molecule has 1 aromatic heterocycles. The van der Waals surface area contributed by atoms with E-state index in [1.165, 1.54) is 25.2 Å². The molecule has 0 bridgehead atoms. The van der Waals surface area contributed by atoms with Crippen LogP contribution in [0.2, 0.25) is 0 Å². The maximum Gasteiger partial charge on any atom is 0.321 e. The Morgan fingerprint density at radius 1 is 0.931 bits per heavy atom. The Morgan fingerprint density at radius 3 is 2.14 bits per heavy atom. The van der Waals surface area contributed by atoms with E-state index in [0.29, 0.717) is 11.4 Å². The van der Waals surface area contributed by atoms with E-state index in [2.05, 4.69) is 16.0 Å². The van der Waals surface area contributed by atoms with Gasteiger partial charge in [-0.15, -0.1) is 0 Å². The molecule has 8 nitrogen and oxygen atoms in total. The predicted octanol–water partition coefficient (Wildman–Crippen LogP) is 3.44. The molecule has 0 spiro atoms. The lowest BCUT2D eigenvalue weighted by atomic mass is 10.2. The van der Waals surface area contributed by atoms with E-state index in [4.69, 9.17) is 4.42 Å². The first-order chi connectivity index (χ1) is 14.0. The SMILES string of the molecule is CC(NC(=O)c1ccco1)C(=O)Nc1ccc(NC(=O)N2CCCCCC2)cc1. The standard InChI is InChI=1S/C21H26N4O4/c1-15(22-20(27)18-7-6-14-29-18)19(26)23-16-8-10-17(11-9-16)24-21(28)25-12-4-2-3-5-13-25/h6-11,14-15H,2-5,12-13H2,1H3,(H,22,27)(H,23,26)(H,24,28). The quantitative estimate of drug-likeness (QED) is 0.718. The number of hydrogen-bond acceptors (Lipinski definition) is 4. The van der Waals surface area contributed by atoms with Crippen LogP contribution in [0.5, 0.6) is 0 Å². The van der Waals surface area contributed by atoms with Gasteiger partial charge in [0.1, 0.15) is 6.04 Å². The van der Waals surface area contributed by atoms with Gasteiger partial charge in [-0.25, -0.2) is 4.79 Å². The molecule has 8 heteroatoms. The highest BCUT2D eigenvalue weighted by Crippen LogP contribution is 2.16. The predicted molar refractivity (Wildman–Crippen MR) is 110 cm³/mol. The molecule has 1 unspecified atom stereocenters. The van der Waals surface area contributed by atoms with Gasteiger partial charge in [0, 0.05) is 24.5 Å². The topological polar surface area (TPSA) is 104 Å². The fourth-order valence-electron chi connectivity index (χ4n) is 3.10. The van der Waals surface area contributed by atoms with E-state index >= 15 is 0 Å². The van der Waals surface area contributed by atoms with Gasteiger partial charge in [0.25, 0.3) is 5.91 Å². The lowest BCUT2D eigenvalue weighted by Crippen LogP contribution is -2.41. The molecule has 0 saturated carbocycles. The lowest BCUT2D eigenvalue weighted by Gasteiger charge is -2.21. The molecule has 1 aliphatic heterocycles. The zero-order chi connectivity index (χ0) is 20.6. The van der Waals surface area contributed by atoms with Gasteiger partial charge >= 0.3 is 6.03 Å². The first-order valence-electron chi connectivity index (χ1n) is 9.84. The number of anilines is 2. The third-order valence-corrected chi connectivity index (χ3v) is 4.78. The molecule has 1 fully saturated rings. The second-order valence-corrected chi connectivity index (χ2v) is 7.07. The number of furan rings is 1. The van der Waals surface area contributed by atoms with Crippen LogP contribution in [-0.4, -0.2) is 41.9 Å². The largest absolute Gasteiger partial charge is 0.459 e. The number of amides is 4. The average Bonchev–Trinajstić information content (AvgIpc) is 3.12. The summed E-state index contributed by atoms with van der Waals surface area (Å²) >= 11 is 0. The van der Waals surface area contributed by atoms with E-state index in [1.807, 2.05) is 4.90 Å². The Hall–Kier alpha value is -3.29. The third kappa shape index (κ3) is 5.84. The van der Waals surface area contributed by atoms with E-state index in [1.54, 1.807) is 37.3 Å². The minimum atomic E-state index is -0.741. The van der Waals surface area contributed by atoms with Gasteiger partial charge < -0.3 is 25.3 Å². The molecular formula is C21H26N4O4. The van der Waals surface area contributed by atoms with Crippen LogP contribution in [0.25, 0.3) is 0 Å². The van der Waals surface area contributed by atoms with Gasteiger partial charge in [-0.3, -0.25) is 9.59 Å². The number of likely N-dealkylation sites (tertiary alicyclic amines) is 1. The second kappa shape index (κ2) is 9.77. The monoisotopic (exact) mass is 398 g/mol. The smallest absolute Gasteiger partial charge is 0.321 e. The maximum absolute atomic E-state index is 12.4. The maximum atomic E-state index is 12.4. The van der Waals surface area contributed by atoms with E-state index in [0.717, 1.165) is 25.9 Å². The van der Waals surface area contributed by atoms with Crippen molar-refractivity contribution in [1.82, 2.24) is 10.2 Å². The van der Waals surface area contributed by atoms with Gasteiger partial charge in [0.15, 0.2) is 5.76 Å². The molecule has 1 saturated heterocycles. The summed E-state index contributed by atoms with van der Waals surface area (Å²) in [6, 6.07) is 9.17. The van der Waals surface area contributed by atoms with Crippen molar-refractivity contribution in [1.29, 1.82) is 0 Å². The summed E-state index contributed by atoms with van der Waals surface area (Å²) in [4.78, 5) is 38.4. The van der Waals surface area contributed by atoms with Crippen molar-refractivity contribution < 1.29 is 18.8 Å². The summed E-state index contributed by atoms with van der Waals surface area (Å²) in [5.74, 6) is -0.662. The van der Waals surface area contributed by atoms with Crippen LogP contribution in [-0.2, 0) is 4.79 Å². The van der Waals surface area contributed by atoms with Crippen molar-refractivity contribution >= 4 is 29.2 Å². The highest BCUT2D eigenvalue weighted by atomic mass is 16.3. The third-order valence-electron chi connectivity index (χ3n) is 4.78. The number of rotatable bonds is 5. The second-order valence-electron chi connectivity index (χ2n) is 7.07. The first-order valence-corrected chi connectivity index (χ1v) is 9.84. The minimum Gasteiger partial charge on any atom is -0.459 e. The molecular weight excluding hydrogens is 372 g/mol. The number of benzene rings is 1. The molecule has 3 N–H and O–H groups in total. The Bertz CT molecular complexity index is 825. The lowest BCUT2D eigenvalue weighted by molar-refractivity contribution is -0.117. The van der Waals surface area contributed by atoms with Crippen molar-refractivity contribution in [3.8, 4) is 0 Å². The number of carbonyl (C=O) groups is 3. The van der Waals surface area contributed by atoms with Crippen molar-refractivity contribution in [3.63, 3.8) is 0 Å². The molecule has 2 aromatic rings. The summed E-state index contributed by atoms with van der Waals surface area (Å²) in [6.45, 7) is 3.15. The van der Waals surface area contributed by atoms with Crippen LogP contribution in [0.15, 0.2) is 47.1 Å². The van der Waals surface area contributed by atoms with Crippen LogP contribution in [0, 0.1) is 0 Å². The number of nitrogens with one attached hydrogen (secondary N) is 3. The Kier molecular flexibility index (Phi) is 6.89. The van der Waals surface area contributed by atoms with Gasteiger partial charge in [-0.1, -0.05) is 12.8 Å². The van der Waals surface area contributed by atoms with Crippen LogP contribution in [0.1, 0.15) is 43.2 Å². The molecule has 1 aliphatic rings. The summed E-state index contributed by atoms with van der Waals surface area (Å²) < 4.78 is 5.01. The van der Waals surface area contributed by atoms with Gasteiger partial charge in [-0.05, 0) is 56.2 Å². The Morgan fingerprint density at radius 2 is 1.55 bits per heavy atom. The van der Waals surface area contributed by atoms with Crippen LogP contribution >= 0.6 is 0 Å². The number of urea groups is 1. The van der Waals surface area contributed by atoms with E-state index in [9.17, 15) is 14.4 Å².